The van der Waals surface area contributed by atoms with Crippen molar-refractivity contribution in [1.82, 2.24) is 19.5 Å². The molecule has 3 N–H and O–H groups in total. The monoisotopic (exact) mass is 490 g/mol. The van der Waals surface area contributed by atoms with Crippen LogP contribution in [0, 0.1) is 0 Å². The van der Waals surface area contributed by atoms with Crippen molar-refractivity contribution in [1.29, 1.82) is 0 Å². The summed E-state index contributed by atoms with van der Waals surface area (Å²) in [5, 5.41) is 15.8. The van der Waals surface area contributed by atoms with Gasteiger partial charge in [-0.1, -0.05) is 30.3 Å². The maximum absolute atomic E-state index is 12.9. The van der Waals surface area contributed by atoms with Crippen LogP contribution in [0.15, 0.2) is 85.2 Å². The Morgan fingerprint density at radius 1 is 0.861 bits per heavy atom. The van der Waals surface area contributed by atoms with Crippen LogP contribution in [-0.2, 0) is 12.6 Å². The fourth-order valence-corrected chi connectivity index (χ4v) is 3.72. The number of benzene rings is 3. The lowest BCUT2D eigenvalue weighted by atomic mass is 10.1. The molecule has 5 rings (SSSR count). The quantitative estimate of drug-likeness (QED) is 0.262. The van der Waals surface area contributed by atoms with E-state index >= 15 is 0 Å². The van der Waals surface area contributed by atoms with Crippen LogP contribution in [0.1, 0.15) is 11.1 Å². The van der Waals surface area contributed by atoms with Crippen LogP contribution < -0.4 is 10.6 Å². The highest BCUT2D eigenvalue weighted by Gasteiger charge is 2.30. The van der Waals surface area contributed by atoms with E-state index < -0.39 is 11.7 Å². The molecule has 0 aliphatic rings. The maximum Gasteiger partial charge on any atom is 0.416 e. The molecule has 0 saturated carbocycles. The van der Waals surface area contributed by atoms with Gasteiger partial charge in [0.1, 0.15) is 12.1 Å². The number of rotatable bonds is 7. The molecule has 3 aromatic carbocycles. The second-order valence-corrected chi connectivity index (χ2v) is 8.06. The van der Waals surface area contributed by atoms with Gasteiger partial charge < -0.3 is 15.7 Å². The molecule has 0 saturated heterocycles. The molecule has 36 heavy (non-hydrogen) atoms. The lowest BCUT2D eigenvalue weighted by Gasteiger charge is -2.12. The van der Waals surface area contributed by atoms with Crippen molar-refractivity contribution < 1.29 is 18.3 Å². The molecule has 2 heterocycles. The Labute approximate surface area is 204 Å². The van der Waals surface area contributed by atoms with Gasteiger partial charge in [0.15, 0.2) is 17.0 Å². The molecule has 0 aliphatic carbocycles. The summed E-state index contributed by atoms with van der Waals surface area (Å²) in [6.45, 7) is 0.537. The van der Waals surface area contributed by atoms with E-state index in [-0.39, 0.29) is 11.7 Å². The number of hydrogen-bond donors (Lipinski definition) is 3. The smallest absolute Gasteiger partial charge is 0.416 e. The summed E-state index contributed by atoms with van der Waals surface area (Å²) in [6, 6.07) is 21.2. The lowest BCUT2D eigenvalue weighted by Crippen LogP contribution is -2.09. The van der Waals surface area contributed by atoms with Crippen molar-refractivity contribution in [2.45, 2.75) is 12.6 Å². The fraction of sp³-hybridized carbons (Fsp3) is 0.115. The van der Waals surface area contributed by atoms with Crippen molar-refractivity contribution in [3.05, 3.63) is 96.3 Å². The molecule has 0 aliphatic heterocycles. The molecule has 0 radical (unpaired) electrons. The zero-order valence-electron chi connectivity index (χ0n) is 18.9. The van der Waals surface area contributed by atoms with Crippen molar-refractivity contribution in [3.63, 3.8) is 0 Å². The fourth-order valence-electron chi connectivity index (χ4n) is 3.72. The first kappa shape index (κ1) is 23.2. The van der Waals surface area contributed by atoms with Gasteiger partial charge in [-0.25, -0.2) is 4.98 Å². The van der Waals surface area contributed by atoms with E-state index in [0.717, 1.165) is 23.4 Å². The third kappa shape index (κ3) is 5.07. The van der Waals surface area contributed by atoms with E-state index in [4.69, 9.17) is 0 Å². The molecular formula is C26H21F3N6O. The van der Waals surface area contributed by atoms with Crippen LogP contribution in [0.25, 0.3) is 16.9 Å². The number of fused-ring (bicyclic) bond motifs is 1. The zero-order chi connectivity index (χ0) is 25.1. The number of anilines is 3. The highest BCUT2D eigenvalue weighted by Crippen LogP contribution is 2.31. The number of halogens is 3. The molecule has 182 valence electrons. The highest BCUT2D eigenvalue weighted by molar-refractivity contribution is 5.86. The molecule has 5 aromatic rings. The Kier molecular flexibility index (Phi) is 6.16. The lowest BCUT2D eigenvalue weighted by molar-refractivity contribution is -0.137. The van der Waals surface area contributed by atoms with Gasteiger partial charge in [-0.05, 0) is 60.5 Å². The molecule has 0 bridgehead atoms. The van der Waals surface area contributed by atoms with Gasteiger partial charge in [0, 0.05) is 17.9 Å². The summed E-state index contributed by atoms with van der Waals surface area (Å²) >= 11 is 0. The second kappa shape index (κ2) is 9.57. The topological polar surface area (TPSA) is 87.9 Å². The number of phenolic OH excluding ortho intramolecular Hbond substituents is 1. The minimum absolute atomic E-state index is 0.203. The van der Waals surface area contributed by atoms with Gasteiger partial charge in [0.05, 0.1) is 5.56 Å². The van der Waals surface area contributed by atoms with E-state index in [1.165, 1.54) is 12.1 Å². The molecule has 0 fully saturated rings. The number of hydrogen-bond acceptors (Lipinski definition) is 6. The average Bonchev–Trinajstić information content (AvgIpc) is 3.30. The van der Waals surface area contributed by atoms with E-state index in [2.05, 4.69) is 25.6 Å². The minimum atomic E-state index is -4.41. The number of para-hydroxylation sites is 1. The number of imidazole rings is 1. The van der Waals surface area contributed by atoms with Crippen molar-refractivity contribution >= 4 is 28.6 Å². The van der Waals surface area contributed by atoms with Gasteiger partial charge in [-0.2, -0.15) is 23.1 Å². The van der Waals surface area contributed by atoms with Crippen LogP contribution in [0.3, 0.4) is 0 Å². The van der Waals surface area contributed by atoms with Crippen LogP contribution >= 0.6 is 0 Å². The van der Waals surface area contributed by atoms with Crippen LogP contribution in [0.2, 0.25) is 0 Å². The summed E-state index contributed by atoms with van der Waals surface area (Å²) in [7, 11) is 0. The zero-order valence-corrected chi connectivity index (χ0v) is 18.9. The first-order valence-corrected chi connectivity index (χ1v) is 11.1. The Morgan fingerprint density at radius 3 is 2.28 bits per heavy atom. The molecule has 10 heteroatoms. The molecule has 7 nitrogen and oxygen atoms in total. The Balaban J connectivity index is 1.46. The third-order valence-electron chi connectivity index (χ3n) is 5.54. The van der Waals surface area contributed by atoms with E-state index in [9.17, 15) is 18.3 Å². The van der Waals surface area contributed by atoms with Crippen LogP contribution in [-0.4, -0.2) is 31.2 Å². The Hall–Kier alpha value is -4.60. The van der Waals surface area contributed by atoms with Gasteiger partial charge in [0.2, 0.25) is 5.95 Å². The number of phenols is 1. The van der Waals surface area contributed by atoms with Gasteiger partial charge >= 0.3 is 6.18 Å². The summed E-state index contributed by atoms with van der Waals surface area (Å²) in [5.41, 5.74) is 2.67. The molecular weight excluding hydrogens is 469 g/mol. The molecule has 0 atom stereocenters. The Morgan fingerprint density at radius 2 is 1.58 bits per heavy atom. The Bertz CT molecular complexity index is 1470. The summed E-state index contributed by atoms with van der Waals surface area (Å²) < 4.78 is 40.6. The van der Waals surface area contributed by atoms with Gasteiger partial charge in [-0.3, -0.25) is 4.57 Å². The SMILES string of the molecule is Oc1ccc(CCNc2nc(Nc3ccc(C(F)(F)F)cc3)nc3c2ncn3-c2ccccc2)cc1. The van der Waals surface area contributed by atoms with Crippen LogP contribution in [0.5, 0.6) is 5.75 Å². The van der Waals surface area contributed by atoms with E-state index in [1.807, 2.05) is 47.0 Å². The number of nitrogens with zero attached hydrogens (tertiary/aromatic N) is 4. The normalized spacial score (nSPS) is 11.5. The number of aromatic nitrogens is 4. The standard InChI is InChI=1S/C26H21F3N6O/c27-26(28,29)18-8-10-19(11-9-18)32-25-33-23(30-15-14-17-6-12-21(36)13-7-17)22-24(34-25)35(16-31-22)20-4-2-1-3-5-20/h1-13,16,36H,14-15H2,(H2,30,32,33,34). The first-order valence-electron chi connectivity index (χ1n) is 11.1. The van der Waals surface area contributed by atoms with Gasteiger partial charge in [0.25, 0.3) is 0 Å². The number of nitrogens with one attached hydrogen (secondary N) is 2. The average molecular weight is 490 g/mol. The molecule has 2 aromatic heterocycles. The highest BCUT2D eigenvalue weighted by atomic mass is 19.4. The van der Waals surface area contributed by atoms with Gasteiger partial charge in [-0.15, -0.1) is 0 Å². The van der Waals surface area contributed by atoms with E-state index in [0.29, 0.717) is 35.6 Å². The predicted molar refractivity (Wildman–Crippen MR) is 132 cm³/mol. The molecule has 0 spiro atoms. The van der Waals surface area contributed by atoms with Crippen molar-refractivity contribution in [2.24, 2.45) is 0 Å². The molecule has 0 amide bonds. The largest absolute Gasteiger partial charge is 0.508 e. The van der Waals surface area contributed by atoms with Crippen molar-refractivity contribution in [3.8, 4) is 11.4 Å². The molecule has 0 unspecified atom stereocenters. The van der Waals surface area contributed by atoms with Crippen LogP contribution in [0.4, 0.5) is 30.6 Å². The maximum atomic E-state index is 12.9. The predicted octanol–water partition coefficient (Wildman–Crippen LogP) is 5.94. The first-order chi connectivity index (χ1) is 17.4. The van der Waals surface area contributed by atoms with Crippen molar-refractivity contribution in [2.75, 3.05) is 17.2 Å². The summed E-state index contributed by atoms with van der Waals surface area (Å²) in [6.07, 6.45) is -2.08. The summed E-state index contributed by atoms with van der Waals surface area (Å²) in [4.78, 5) is 13.7. The summed E-state index contributed by atoms with van der Waals surface area (Å²) in [5.74, 6) is 0.907. The minimum Gasteiger partial charge on any atom is -0.508 e. The van der Waals surface area contributed by atoms with E-state index in [1.54, 1.807) is 18.5 Å². The number of aromatic hydroxyl groups is 1. The third-order valence-corrected chi connectivity index (χ3v) is 5.54. The second-order valence-electron chi connectivity index (χ2n) is 8.06. The number of alkyl halides is 3.